The number of benzene rings is 1. The highest BCUT2D eigenvalue weighted by atomic mass is 16.5. The highest BCUT2D eigenvalue weighted by Gasteiger charge is 2.20. The normalized spacial score (nSPS) is 16.2. The number of rotatable bonds is 4. The van der Waals surface area contributed by atoms with Crippen LogP contribution in [0.4, 0.5) is 0 Å². The molecule has 0 radical (unpaired) electrons. The number of piperidine rings is 1. The molecule has 1 aliphatic heterocycles. The molecule has 4 nitrogen and oxygen atoms in total. The van der Waals surface area contributed by atoms with Crippen LogP contribution in [-0.2, 0) is 0 Å². The van der Waals surface area contributed by atoms with Crippen LogP contribution < -0.4 is 10.1 Å². The molecule has 0 unspecified atom stereocenters. The molecule has 1 saturated heterocycles. The predicted octanol–water partition coefficient (Wildman–Crippen LogP) is 3.21. The molecule has 0 aliphatic carbocycles. The minimum Gasteiger partial charge on any atom is -0.494 e. The average Bonchev–Trinajstić information content (AvgIpc) is 2.99. The maximum absolute atomic E-state index is 5.93. The van der Waals surface area contributed by atoms with E-state index in [9.17, 15) is 0 Å². The van der Waals surface area contributed by atoms with Crippen molar-refractivity contribution in [3.63, 3.8) is 0 Å². The first-order valence-corrected chi connectivity index (χ1v) is 7.26. The van der Waals surface area contributed by atoms with Crippen LogP contribution in [0.3, 0.4) is 0 Å². The highest BCUT2D eigenvalue weighted by molar-refractivity contribution is 5.57. The zero-order valence-electron chi connectivity index (χ0n) is 11.8. The Morgan fingerprint density at radius 2 is 2.00 bits per heavy atom. The molecule has 3 rings (SSSR count). The van der Waals surface area contributed by atoms with Gasteiger partial charge in [-0.3, -0.25) is 0 Å². The van der Waals surface area contributed by atoms with Gasteiger partial charge < -0.3 is 14.5 Å². The van der Waals surface area contributed by atoms with Crippen LogP contribution in [-0.4, -0.2) is 24.7 Å². The van der Waals surface area contributed by atoms with Crippen molar-refractivity contribution < 1.29 is 9.15 Å². The summed E-state index contributed by atoms with van der Waals surface area (Å²) in [5.41, 5.74) is 1.04. The number of nitrogens with one attached hydrogen (secondary N) is 1. The monoisotopic (exact) mass is 272 g/mol. The van der Waals surface area contributed by atoms with Gasteiger partial charge in [0.15, 0.2) is 11.7 Å². The Hall–Kier alpha value is -1.81. The van der Waals surface area contributed by atoms with Crippen LogP contribution in [0.5, 0.6) is 5.75 Å². The van der Waals surface area contributed by atoms with Gasteiger partial charge in [-0.05, 0) is 57.1 Å². The summed E-state index contributed by atoms with van der Waals surface area (Å²) in [6.07, 6.45) is 4.03. The van der Waals surface area contributed by atoms with Crippen molar-refractivity contribution in [1.82, 2.24) is 10.3 Å². The van der Waals surface area contributed by atoms with Gasteiger partial charge in [-0.2, -0.15) is 0 Å². The standard InChI is InChI=1S/C16H20N2O2/c1-2-19-14-5-3-12(4-6-14)15-11-18-16(20-15)13-7-9-17-10-8-13/h3-6,11,13,17H,2,7-10H2,1H3. The number of aromatic nitrogens is 1. The first-order valence-electron chi connectivity index (χ1n) is 7.26. The summed E-state index contributed by atoms with van der Waals surface area (Å²) < 4.78 is 11.4. The quantitative estimate of drug-likeness (QED) is 0.928. The van der Waals surface area contributed by atoms with Gasteiger partial charge in [0.25, 0.3) is 0 Å². The third-order valence-corrected chi connectivity index (χ3v) is 3.66. The van der Waals surface area contributed by atoms with Gasteiger partial charge in [-0.15, -0.1) is 0 Å². The van der Waals surface area contributed by atoms with Gasteiger partial charge >= 0.3 is 0 Å². The fourth-order valence-electron chi connectivity index (χ4n) is 2.56. The van der Waals surface area contributed by atoms with Crippen LogP contribution >= 0.6 is 0 Å². The van der Waals surface area contributed by atoms with Crippen molar-refractivity contribution >= 4 is 0 Å². The molecule has 106 valence electrons. The number of hydrogen-bond acceptors (Lipinski definition) is 4. The van der Waals surface area contributed by atoms with Gasteiger partial charge in [0, 0.05) is 11.5 Å². The van der Waals surface area contributed by atoms with E-state index >= 15 is 0 Å². The van der Waals surface area contributed by atoms with Gasteiger partial charge in [-0.1, -0.05) is 0 Å². The van der Waals surface area contributed by atoms with Crippen LogP contribution in [0.15, 0.2) is 34.9 Å². The van der Waals surface area contributed by atoms with Crippen LogP contribution in [0.2, 0.25) is 0 Å². The zero-order valence-corrected chi connectivity index (χ0v) is 11.8. The first kappa shape index (κ1) is 13.2. The molecule has 2 heterocycles. The summed E-state index contributed by atoms with van der Waals surface area (Å²) >= 11 is 0. The molecule has 0 amide bonds. The van der Waals surface area contributed by atoms with E-state index in [1.807, 2.05) is 37.4 Å². The van der Waals surface area contributed by atoms with E-state index in [1.165, 1.54) is 0 Å². The lowest BCUT2D eigenvalue weighted by Gasteiger charge is -2.19. The largest absolute Gasteiger partial charge is 0.494 e. The molecule has 1 aliphatic rings. The molecule has 4 heteroatoms. The molecular formula is C16H20N2O2. The molecule has 1 N–H and O–H groups in total. The van der Waals surface area contributed by atoms with E-state index in [0.717, 1.165) is 48.9 Å². The van der Waals surface area contributed by atoms with Crippen molar-refractivity contribution in [3.05, 3.63) is 36.4 Å². The van der Waals surface area contributed by atoms with Crippen molar-refractivity contribution in [2.45, 2.75) is 25.7 Å². The van der Waals surface area contributed by atoms with E-state index < -0.39 is 0 Å². The topological polar surface area (TPSA) is 47.3 Å². The Morgan fingerprint density at radius 3 is 2.70 bits per heavy atom. The first-order chi connectivity index (χ1) is 9.86. The lowest BCUT2D eigenvalue weighted by molar-refractivity contribution is 0.340. The van der Waals surface area contributed by atoms with Crippen molar-refractivity contribution in [3.8, 4) is 17.1 Å². The molecular weight excluding hydrogens is 252 g/mol. The van der Waals surface area contributed by atoms with Gasteiger partial charge in [0.05, 0.1) is 12.8 Å². The molecule has 0 atom stereocenters. The van der Waals surface area contributed by atoms with Crippen LogP contribution in [0.1, 0.15) is 31.6 Å². The number of oxazole rings is 1. The number of nitrogens with zero attached hydrogens (tertiary/aromatic N) is 1. The zero-order chi connectivity index (χ0) is 13.8. The van der Waals surface area contributed by atoms with E-state index in [2.05, 4.69) is 10.3 Å². The predicted molar refractivity (Wildman–Crippen MR) is 78.0 cm³/mol. The summed E-state index contributed by atoms with van der Waals surface area (Å²) in [5, 5.41) is 3.36. The lowest BCUT2D eigenvalue weighted by atomic mass is 9.98. The Labute approximate surface area is 119 Å². The Balaban J connectivity index is 1.75. The maximum Gasteiger partial charge on any atom is 0.198 e. The third kappa shape index (κ3) is 2.85. The van der Waals surface area contributed by atoms with Gasteiger partial charge in [0.1, 0.15) is 5.75 Å². The summed E-state index contributed by atoms with van der Waals surface area (Å²) in [6, 6.07) is 7.95. The van der Waals surface area contributed by atoms with E-state index in [1.54, 1.807) is 0 Å². The van der Waals surface area contributed by atoms with Crippen LogP contribution in [0.25, 0.3) is 11.3 Å². The molecule has 0 bridgehead atoms. The molecule has 20 heavy (non-hydrogen) atoms. The van der Waals surface area contributed by atoms with Crippen molar-refractivity contribution in [2.75, 3.05) is 19.7 Å². The van der Waals surface area contributed by atoms with Gasteiger partial charge in [0.2, 0.25) is 0 Å². The Morgan fingerprint density at radius 1 is 1.25 bits per heavy atom. The molecule has 0 spiro atoms. The van der Waals surface area contributed by atoms with Crippen molar-refractivity contribution in [1.29, 1.82) is 0 Å². The fraction of sp³-hybridized carbons (Fsp3) is 0.438. The van der Waals surface area contributed by atoms with Crippen molar-refractivity contribution in [2.24, 2.45) is 0 Å². The third-order valence-electron chi connectivity index (χ3n) is 3.66. The Bertz CT molecular complexity index is 542. The highest BCUT2D eigenvalue weighted by Crippen LogP contribution is 2.29. The van der Waals surface area contributed by atoms with Crippen LogP contribution in [0, 0.1) is 0 Å². The Kier molecular flexibility index (Phi) is 4.02. The molecule has 1 fully saturated rings. The number of ether oxygens (including phenoxy) is 1. The SMILES string of the molecule is CCOc1ccc(-c2cnc(C3CCNCC3)o2)cc1. The summed E-state index contributed by atoms with van der Waals surface area (Å²) in [6.45, 7) is 4.76. The maximum atomic E-state index is 5.93. The van der Waals surface area contributed by atoms with Gasteiger partial charge in [-0.25, -0.2) is 4.98 Å². The molecule has 1 aromatic heterocycles. The molecule has 1 aromatic carbocycles. The smallest absolute Gasteiger partial charge is 0.198 e. The second-order valence-corrected chi connectivity index (χ2v) is 5.04. The lowest BCUT2D eigenvalue weighted by Crippen LogP contribution is -2.26. The molecule has 2 aromatic rings. The second-order valence-electron chi connectivity index (χ2n) is 5.04. The average molecular weight is 272 g/mol. The molecule has 0 saturated carbocycles. The van der Waals surface area contributed by atoms with E-state index in [4.69, 9.17) is 9.15 Å². The van der Waals surface area contributed by atoms with E-state index in [0.29, 0.717) is 12.5 Å². The minimum absolute atomic E-state index is 0.452. The minimum atomic E-state index is 0.452. The summed E-state index contributed by atoms with van der Waals surface area (Å²) in [7, 11) is 0. The number of hydrogen-bond donors (Lipinski definition) is 1. The van der Waals surface area contributed by atoms with E-state index in [-0.39, 0.29) is 0 Å². The summed E-state index contributed by atoms with van der Waals surface area (Å²) in [5.74, 6) is 3.04. The second kappa shape index (κ2) is 6.09. The fourth-order valence-corrected chi connectivity index (χ4v) is 2.56. The summed E-state index contributed by atoms with van der Waals surface area (Å²) in [4.78, 5) is 4.45.